The molecule has 1 N–H and O–H groups in total. The van der Waals surface area contributed by atoms with Crippen LogP contribution in [0.25, 0.3) is 0 Å². The average molecular weight is 454 g/mol. The van der Waals surface area contributed by atoms with Crippen molar-refractivity contribution in [3.8, 4) is 5.75 Å². The normalized spacial score (nSPS) is 11.7. The molecule has 0 saturated heterocycles. The van der Waals surface area contributed by atoms with Crippen LogP contribution in [-0.4, -0.2) is 24.8 Å². The van der Waals surface area contributed by atoms with Crippen molar-refractivity contribution in [3.05, 3.63) is 63.9 Å². The first-order chi connectivity index (χ1) is 14.4. The van der Waals surface area contributed by atoms with Crippen LogP contribution in [0.1, 0.15) is 49.4 Å². The van der Waals surface area contributed by atoms with E-state index in [4.69, 9.17) is 27.9 Å². The first-order valence-corrected chi connectivity index (χ1v) is 10.8. The van der Waals surface area contributed by atoms with E-state index in [9.17, 15) is 14.0 Å². The van der Waals surface area contributed by atoms with Crippen LogP contribution >= 0.6 is 23.2 Å². The van der Waals surface area contributed by atoms with Crippen molar-refractivity contribution in [2.75, 3.05) is 13.2 Å². The zero-order valence-corrected chi connectivity index (χ0v) is 18.4. The van der Waals surface area contributed by atoms with Crippen molar-refractivity contribution in [2.24, 2.45) is 5.92 Å². The first kappa shape index (κ1) is 24.2. The molecule has 7 heteroatoms. The standard InChI is InChI=1S/C23H26Cl2FNO3/c1-2-3-4-16(15-30-19-9-10-20(25)21(26)13-19)11-12-27-23(29)14-22(28)17-5-7-18(24)8-6-17/h5-10,13,16H,2-4,11-12,14-15H2,1H3,(H,27,29). The van der Waals surface area contributed by atoms with Crippen LogP contribution in [-0.2, 0) is 4.79 Å². The summed E-state index contributed by atoms with van der Waals surface area (Å²) in [7, 11) is 0. The fraction of sp³-hybridized carbons (Fsp3) is 0.391. The fourth-order valence-corrected chi connectivity index (χ4v) is 3.19. The second kappa shape index (κ2) is 12.6. The number of amides is 1. The van der Waals surface area contributed by atoms with Crippen molar-refractivity contribution in [3.63, 3.8) is 0 Å². The summed E-state index contributed by atoms with van der Waals surface area (Å²) in [6.07, 6.45) is 3.52. The van der Waals surface area contributed by atoms with Gasteiger partial charge in [-0.15, -0.1) is 0 Å². The maximum atomic E-state index is 13.6. The van der Waals surface area contributed by atoms with Gasteiger partial charge in [0, 0.05) is 23.2 Å². The molecule has 0 spiro atoms. The number of rotatable bonds is 12. The maximum absolute atomic E-state index is 13.6. The van der Waals surface area contributed by atoms with Crippen LogP contribution in [0.5, 0.6) is 5.75 Å². The number of benzene rings is 2. The Morgan fingerprint density at radius 1 is 1.10 bits per heavy atom. The molecule has 2 aromatic carbocycles. The smallest absolute Gasteiger partial charge is 0.227 e. The Kier molecular flexibility index (Phi) is 10.1. The third-order valence-electron chi connectivity index (χ3n) is 4.70. The molecule has 0 aliphatic carbocycles. The lowest BCUT2D eigenvalue weighted by Gasteiger charge is -2.18. The van der Waals surface area contributed by atoms with Gasteiger partial charge in [-0.25, -0.2) is 4.39 Å². The minimum Gasteiger partial charge on any atom is -0.493 e. The number of hydrogen-bond acceptors (Lipinski definition) is 3. The Hall–Kier alpha value is -2.11. The van der Waals surface area contributed by atoms with Crippen molar-refractivity contribution >= 4 is 34.9 Å². The van der Waals surface area contributed by atoms with Gasteiger partial charge in [0.2, 0.25) is 5.91 Å². The van der Waals surface area contributed by atoms with Crippen LogP contribution in [0.4, 0.5) is 4.39 Å². The van der Waals surface area contributed by atoms with Gasteiger partial charge in [0.25, 0.3) is 0 Å². The quantitative estimate of drug-likeness (QED) is 0.312. The summed E-state index contributed by atoms with van der Waals surface area (Å²) in [6.45, 7) is 2.97. The summed E-state index contributed by atoms with van der Waals surface area (Å²) in [6, 6.07) is 10.8. The van der Waals surface area contributed by atoms with Crippen LogP contribution in [0.15, 0.2) is 42.5 Å². The third kappa shape index (κ3) is 8.33. The van der Waals surface area contributed by atoms with E-state index in [1.54, 1.807) is 30.3 Å². The Morgan fingerprint density at radius 2 is 1.83 bits per heavy atom. The molecule has 0 saturated carbocycles. The number of unbranched alkanes of at least 4 members (excludes halogenated alkanes) is 1. The topological polar surface area (TPSA) is 55.4 Å². The molecule has 1 atom stereocenters. The number of carbonyl (C=O) groups is 2. The molecule has 0 heterocycles. The molecule has 30 heavy (non-hydrogen) atoms. The van der Waals surface area contributed by atoms with Gasteiger partial charge < -0.3 is 10.1 Å². The summed E-state index contributed by atoms with van der Waals surface area (Å²) in [4.78, 5) is 24.2. The Bertz CT molecular complexity index is 843. The van der Waals surface area contributed by atoms with E-state index < -0.39 is 5.82 Å². The Morgan fingerprint density at radius 3 is 2.50 bits per heavy atom. The van der Waals surface area contributed by atoms with Crippen molar-refractivity contribution in [2.45, 2.75) is 39.0 Å². The number of Topliss-reactive ketones (excluding diaryl/α,β-unsaturated/α-hetero) is 1. The molecule has 0 aromatic heterocycles. The van der Waals surface area contributed by atoms with E-state index in [1.165, 1.54) is 12.1 Å². The SMILES string of the molecule is CCCCC(CCNC(=O)CC(=O)c1ccc(Cl)cc1)COc1ccc(Cl)c(F)c1. The zero-order valence-electron chi connectivity index (χ0n) is 16.9. The summed E-state index contributed by atoms with van der Waals surface area (Å²) in [5, 5.41) is 3.39. The molecule has 4 nitrogen and oxygen atoms in total. The molecule has 162 valence electrons. The number of ketones is 1. The van der Waals surface area contributed by atoms with Crippen LogP contribution in [0, 0.1) is 11.7 Å². The van der Waals surface area contributed by atoms with Gasteiger partial charge in [0.1, 0.15) is 11.6 Å². The second-order valence-electron chi connectivity index (χ2n) is 7.14. The van der Waals surface area contributed by atoms with E-state index >= 15 is 0 Å². The lowest BCUT2D eigenvalue weighted by molar-refractivity contribution is -0.120. The number of halogens is 3. The number of carbonyl (C=O) groups excluding carboxylic acids is 2. The highest BCUT2D eigenvalue weighted by Crippen LogP contribution is 2.22. The monoisotopic (exact) mass is 453 g/mol. The summed E-state index contributed by atoms with van der Waals surface area (Å²) in [5.74, 6) is -0.450. The van der Waals surface area contributed by atoms with E-state index in [0.29, 0.717) is 35.9 Å². The van der Waals surface area contributed by atoms with Gasteiger partial charge in [-0.1, -0.05) is 43.0 Å². The summed E-state index contributed by atoms with van der Waals surface area (Å²) in [5.41, 5.74) is 0.457. The van der Waals surface area contributed by atoms with Gasteiger partial charge in [-0.05, 0) is 55.2 Å². The number of ether oxygens (including phenoxy) is 1. The molecule has 0 aliphatic heterocycles. The molecular formula is C23H26Cl2FNO3. The predicted octanol–water partition coefficient (Wildman–Crippen LogP) is 6.10. The van der Waals surface area contributed by atoms with Crippen molar-refractivity contribution in [1.82, 2.24) is 5.32 Å². The van der Waals surface area contributed by atoms with Gasteiger partial charge in [-0.3, -0.25) is 9.59 Å². The number of hydrogen-bond donors (Lipinski definition) is 1. The zero-order chi connectivity index (χ0) is 21.9. The molecule has 2 aromatic rings. The molecule has 1 unspecified atom stereocenters. The van der Waals surface area contributed by atoms with Gasteiger partial charge in [0.05, 0.1) is 18.1 Å². The van der Waals surface area contributed by atoms with Crippen LogP contribution < -0.4 is 10.1 Å². The predicted molar refractivity (Wildman–Crippen MR) is 118 cm³/mol. The average Bonchev–Trinajstić information content (AvgIpc) is 2.72. The van der Waals surface area contributed by atoms with Gasteiger partial charge in [0.15, 0.2) is 5.78 Å². The van der Waals surface area contributed by atoms with E-state index in [2.05, 4.69) is 12.2 Å². The molecule has 2 rings (SSSR count). The highest BCUT2D eigenvalue weighted by molar-refractivity contribution is 6.31. The van der Waals surface area contributed by atoms with E-state index in [1.807, 2.05) is 0 Å². The molecule has 1 amide bonds. The lowest BCUT2D eigenvalue weighted by atomic mass is 9.99. The Balaban J connectivity index is 1.78. The highest BCUT2D eigenvalue weighted by atomic mass is 35.5. The minimum atomic E-state index is -0.517. The third-order valence-corrected chi connectivity index (χ3v) is 5.26. The van der Waals surface area contributed by atoms with Gasteiger partial charge in [-0.2, -0.15) is 0 Å². The maximum Gasteiger partial charge on any atom is 0.227 e. The highest BCUT2D eigenvalue weighted by Gasteiger charge is 2.14. The molecule has 0 bridgehead atoms. The van der Waals surface area contributed by atoms with Gasteiger partial charge >= 0.3 is 0 Å². The summed E-state index contributed by atoms with van der Waals surface area (Å²) < 4.78 is 19.3. The van der Waals surface area contributed by atoms with Crippen molar-refractivity contribution in [1.29, 1.82) is 0 Å². The minimum absolute atomic E-state index is 0.0562. The summed E-state index contributed by atoms with van der Waals surface area (Å²) >= 11 is 11.5. The van der Waals surface area contributed by atoms with E-state index in [-0.39, 0.29) is 29.1 Å². The second-order valence-corrected chi connectivity index (χ2v) is 7.98. The first-order valence-electron chi connectivity index (χ1n) is 10.0. The Labute approximate surface area is 186 Å². The van der Waals surface area contributed by atoms with Crippen LogP contribution in [0.3, 0.4) is 0 Å². The molecule has 0 aliphatic rings. The largest absolute Gasteiger partial charge is 0.493 e. The fourth-order valence-electron chi connectivity index (χ4n) is 2.95. The van der Waals surface area contributed by atoms with E-state index in [0.717, 1.165) is 19.3 Å². The lowest BCUT2D eigenvalue weighted by Crippen LogP contribution is -2.29. The molecular weight excluding hydrogens is 428 g/mol. The molecule has 0 fully saturated rings. The van der Waals surface area contributed by atoms with Crippen LogP contribution in [0.2, 0.25) is 10.0 Å². The van der Waals surface area contributed by atoms with Crippen molar-refractivity contribution < 1.29 is 18.7 Å². The number of nitrogens with one attached hydrogen (secondary N) is 1. The molecule has 0 radical (unpaired) electrons.